The van der Waals surface area contributed by atoms with Gasteiger partial charge in [-0.2, -0.15) is 5.26 Å². The summed E-state index contributed by atoms with van der Waals surface area (Å²) in [6.07, 6.45) is 5.69. The van der Waals surface area contributed by atoms with Crippen LogP contribution < -0.4 is 10.2 Å². The zero-order valence-corrected chi connectivity index (χ0v) is 21.5. The first-order chi connectivity index (χ1) is 17.2. The number of anilines is 1. The molecule has 1 saturated heterocycles. The molecule has 0 spiro atoms. The lowest BCUT2D eigenvalue weighted by atomic mass is 9.97. The molecule has 1 aliphatic heterocycles. The third-order valence-electron chi connectivity index (χ3n) is 7.16. The van der Waals surface area contributed by atoms with Gasteiger partial charge in [0.05, 0.1) is 11.4 Å². The number of urea groups is 1. The van der Waals surface area contributed by atoms with Gasteiger partial charge in [0.2, 0.25) is 0 Å². The number of barbiturate groups is 1. The van der Waals surface area contributed by atoms with Crippen LogP contribution in [-0.4, -0.2) is 22.4 Å². The minimum absolute atomic E-state index is 0.108. The molecule has 36 heavy (non-hydrogen) atoms. The summed E-state index contributed by atoms with van der Waals surface area (Å²) in [4.78, 5) is 41.9. The van der Waals surface area contributed by atoms with E-state index in [2.05, 4.69) is 16.0 Å². The minimum Gasteiger partial charge on any atom is -0.316 e. The molecule has 7 nitrogen and oxygen atoms in total. The third-order valence-corrected chi connectivity index (χ3v) is 8.34. The molecule has 0 atom stereocenters. The molecule has 0 radical (unpaired) electrons. The van der Waals surface area contributed by atoms with E-state index in [1.807, 2.05) is 39.8 Å². The Bertz CT molecular complexity index is 1530. The van der Waals surface area contributed by atoms with Crippen LogP contribution in [0, 0.1) is 39.0 Å². The number of nitrogens with zero attached hydrogens (tertiary/aromatic N) is 3. The second kappa shape index (κ2) is 8.92. The molecule has 5 rings (SSSR count). The van der Waals surface area contributed by atoms with Crippen LogP contribution in [0.15, 0.2) is 29.8 Å². The number of carbonyl (C=O) groups excluding carboxylic acids is 3. The van der Waals surface area contributed by atoms with Crippen molar-refractivity contribution >= 4 is 40.9 Å². The normalized spacial score (nSPS) is 16.8. The lowest BCUT2D eigenvalue weighted by molar-refractivity contribution is -0.122. The van der Waals surface area contributed by atoms with Gasteiger partial charge in [0.1, 0.15) is 16.5 Å². The van der Waals surface area contributed by atoms with E-state index in [9.17, 15) is 19.6 Å². The van der Waals surface area contributed by atoms with Crippen molar-refractivity contribution in [1.82, 2.24) is 9.88 Å². The number of aryl methyl sites for hydroxylation is 3. The van der Waals surface area contributed by atoms with Gasteiger partial charge in [-0.3, -0.25) is 14.9 Å². The molecule has 182 valence electrons. The highest BCUT2D eigenvalue weighted by molar-refractivity contribution is 7.13. The van der Waals surface area contributed by atoms with Gasteiger partial charge in [0.25, 0.3) is 11.8 Å². The SMILES string of the molecule is Cc1cccc(N2C(=O)NC(=O)C(=Cc3cc(C)n(-c4c(C#N)sc5c4CCCC5)c3C)C2=O)c1C. The number of hydrogen-bond acceptors (Lipinski definition) is 5. The van der Waals surface area contributed by atoms with Crippen LogP contribution in [0.5, 0.6) is 0 Å². The molecule has 2 aliphatic rings. The second-order valence-electron chi connectivity index (χ2n) is 9.34. The van der Waals surface area contributed by atoms with Gasteiger partial charge >= 0.3 is 6.03 Å². The number of amides is 4. The molecule has 0 saturated carbocycles. The summed E-state index contributed by atoms with van der Waals surface area (Å²) in [6, 6.07) is 8.90. The van der Waals surface area contributed by atoms with Crippen molar-refractivity contribution in [2.75, 3.05) is 4.90 Å². The highest BCUT2D eigenvalue weighted by Gasteiger charge is 2.38. The Morgan fingerprint density at radius 3 is 2.58 bits per heavy atom. The van der Waals surface area contributed by atoms with Gasteiger partial charge in [-0.15, -0.1) is 11.3 Å². The fraction of sp³-hybridized carbons (Fsp3) is 0.286. The van der Waals surface area contributed by atoms with E-state index in [0.717, 1.165) is 58.8 Å². The third kappa shape index (κ3) is 3.67. The number of benzene rings is 1. The predicted molar refractivity (Wildman–Crippen MR) is 139 cm³/mol. The number of hydrogen-bond donors (Lipinski definition) is 1. The maximum absolute atomic E-state index is 13.5. The Balaban J connectivity index is 1.61. The minimum atomic E-state index is -0.759. The molecule has 1 aromatic carbocycles. The summed E-state index contributed by atoms with van der Waals surface area (Å²) in [5.74, 6) is -1.38. The molecule has 0 bridgehead atoms. The molecule has 1 N–H and O–H groups in total. The molecule has 4 amide bonds. The van der Waals surface area contributed by atoms with Crippen LogP contribution in [0.25, 0.3) is 11.8 Å². The maximum atomic E-state index is 13.5. The van der Waals surface area contributed by atoms with E-state index in [1.165, 1.54) is 10.4 Å². The van der Waals surface area contributed by atoms with E-state index < -0.39 is 17.8 Å². The maximum Gasteiger partial charge on any atom is 0.335 e. The molecule has 3 aromatic rings. The monoisotopic (exact) mass is 498 g/mol. The highest BCUT2D eigenvalue weighted by Crippen LogP contribution is 2.39. The molecular weight excluding hydrogens is 472 g/mol. The number of nitriles is 1. The van der Waals surface area contributed by atoms with Crippen molar-refractivity contribution in [3.8, 4) is 11.8 Å². The Labute approximate surface area is 213 Å². The number of imide groups is 2. The summed E-state index contributed by atoms with van der Waals surface area (Å²) in [6.45, 7) is 7.62. The van der Waals surface area contributed by atoms with Crippen molar-refractivity contribution in [3.05, 3.63) is 73.2 Å². The van der Waals surface area contributed by atoms with Crippen molar-refractivity contribution in [3.63, 3.8) is 0 Å². The van der Waals surface area contributed by atoms with Crippen LogP contribution in [0.2, 0.25) is 0 Å². The molecule has 1 aliphatic carbocycles. The van der Waals surface area contributed by atoms with E-state index in [0.29, 0.717) is 16.1 Å². The van der Waals surface area contributed by atoms with Crippen molar-refractivity contribution in [2.24, 2.45) is 0 Å². The Morgan fingerprint density at radius 2 is 1.83 bits per heavy atom. The molecule has 8 heteroatoms. The van der Waals surface area contributed by atoms with Crippen molar-refractivity contribution < 1.29 is 14.4 Å². The fourth-order valence-electron chi connectivity index (χ4n) is 5.15. The number of aromatic nitrogens is 1. The number of carbonyl (C=O) groups is 3. The largest absolute Gasteiger partial charge is 0.335 e. The zero-order chi connectivity index (χ0) is 25.7. The molecule has 3 heterocycles. The van der Waals surface area contributed by atoms with Gasteiger partial charge in [0.15, 0.2) is 0 Å². The summed E-state index contributed by atoms with van der Waals surface area (Å²) in [5.41, 5.74) is 6.65. The van der Waals surface area contributed by atoms with Crippen molar-refractivity contribution in [2.45, 2.75) is 53.4 Å². The van der Waals surface area contributed by atoms with E-state index in [-0.39, 0.29) is 5.57 Å². The first-order valence-corrected chi connectivity index (χ1v) is 12.8. The number of rotatable bonds is 3. The fourth-order valence-corrected chi connectivity index (χ4v) is 6.32. The molecule has 0 unspecified atom stereocenters. The average molecular weight is 499 g/mol. The summed E-state index contributed by atoms with van der Waals surface area (Å²) >= 11 is 1.56. The number of thiophene rings is 1. The van der Waals surface area contributed by atoms with Crippen LogP contribution >= 0.6 is 11.3 Å². The standard InChI is InChI=1S/C28H26N4O3S/c1-15-8-7-10-22(17(15)3)32-27(34)21(26(33)30-28(32)35)13-19-12-16(2)31(18(19)4)25-20-9-5-6-11-23(20)36-24(25)14-29/h7-8,10,12-13H,5-6,9,11H2,1-4H3,(H,30,33,35). The smallest absolute Gasteiger partial charge is 0.316 e. The first kappa shape index (κ1) is 23.8. The van der Waals surface area contributed by atoms with Crippen LogP contribution in [0.1, 0.15) is 56.2 Å². The van der Waals surface area contributed by atoms with Gasteiger partial charge in [0, 0.05) is 16.3 Å². The zero-order valence-electron chi connectivity index (χ0n) is 20.7. The summed E-state index contributed by atoms with van der Waals surface area (Å²) in [7, 11) is 0. The van der Waals surface area contributed by atoms with Gasteiger partial charge in [-0.05, 0) is 93.8 Å². The van der Waals surface area contributed by atoms with Crippen LogP contribution in [0.4, 0.5) is 10.5 Å². The van der Waals surface area contributed by atoms with Crippen LogP contribution in [-0.2, 0) is 22.4 Å². The highest BCUT2D eigenvalue weighted by atomic mass is 32.1. The number of fused-ring (bicyclic) bond motifs is 1. The summed E-state index contributed by atoms with van der Waals surface area (Å²) < 4.78 is 2.06. The molecular formula is C28H26N4O3S. The van der Waals surface area contributed by atoms with E-state index in [1.54, 1.807) is 29.5 Å². The van der Waals surface area contributed by atoms with Crippen LogP contribution in [0.3, 0.4) is 0 Å². The molecule has 2 aromatic heterocycles. The predicted octanol–water partition coefficient (Wildman–Crippen LogP) is 5.19. The molecule has 1 fully saturated rings. The Hall–Kier alpha value is -3.96. The van der Waals surface area contributed by atoms with E-state index >= 15 is 0 Å². The number of nitrogens with one attached hydrogen (secondary N) is 1. The van der Waals surface area contributed by atoms with E-state index in [4.69, 9.17) is 0 Å². The lowest BCUT2D eigenvalue weighted by Crippen LogP contribution is -2.54. The average Bonchev–Trinajstić information content (AvgIpc) is 3.34. The van der Waals surface area contributed by atoms with Crippen molar-refractivity contribution in [1.29, 1.82) is 5.26 Å². The summed E-state index contributed by atoms with van der Waals surface area (Å²) in [5, 5.41) is 12.2. The second-order valence-corrected chi connectivity index (χ2v) is 10.4. The Kier molecular flexibility index (Phi) is 5.89. The van der Waals surface area contributed by atoms with Gasteiger partial charge < -0.3 is 4.57 Å². The quantitative estimate of drug-likeness (QED) is 0.397. The van der Waals surface area contributed by atoms with Gasteiger partial charge in [-0.1, -0.05) is 12.1 Å². The first-order valence-electron chi connectivity index (χ1n) is 11.9. The topological polar surface area (TPSA) is 95.2 Å². The Morgan fingerprint density at radius 1 is 1.08 bits per heavy atom. The van der Waals surface area contributed by atoms with Gasteiger partial charge in [-0.25, -0.2) is 9.69 Å². The lowest BCUT2D eigenvalue weighted by Gasteiger charge is -2.28.